The molecule has 2 amide bonds. The number of halogens is 2. The number of aromatic nitrogens is 10. The molecule has 0 fully saturated rings. The second kappa shape index (κ2) is 18.7. The maximum atomic E-state index is 13.8. The standard InChI is InChI=1S/C26H32FN7O3Si.C20H18FN7O2/c1-16(26-28-8-9-37-26)30-25(35)19-14-34(15-36-10-11-38(3,4)5)24-23(19)31-20(13-29-24)22-18-7-6-17(27)12-21(18)33(2)32-22;1-10(20-22-5-6-30-20)25-19(29)13-8-23-18-17(13)26-14(9-24-18)16-12-4-3-11(21)7-15(12)28(2)27-16/h6-7,12-14,16H,8-11,15H2,1-5H3,(H,30,35);3-4,7-10H,5-6H2,1-2H3,(H,23,24)(H,25,29)/t16-;10-/m11/s1. The number of aromatic amines is 1. The van der Waals surface area contributed by atoms with Gasteiger partial charge in [0, 0.05) is 51.9 Å². The van der Waals surface area contributed by atoms with E-state index in [9.17, 15) is 18.4 Å². The van der Waals surface area contributed by atoms with Crippen molar-refractivity contribution in [3.63, 3.8) is 0 Å². The second-order valence-electron chi connectivity index (χ2n) is 17.7. The molecule has 0 bridgehead atoms. The number of carbonyl (C=O) groups excluding carboxylic acids is 2. The van der Waals surface area contributed by atoms with Gasteiger partial charge in [-0.15, -0.1) is 0 Å². The van der Waals surface area contributed by atoms with Gasteiger partial charge in [0.2, 0.25) is 11.8 Å². The van der Waals surface area contributed by atoms with Crippen LogP contribution in [-0.4, -0.2) is 126 Å². The predicted molar refractivity (Wildman–Crippen MR) is 255 cm³/mol. The third-order valence-corrected chi connectivity index (χ3v) is 13.1. The Morgan fingerprint density at radius 2 is 1.34 bits per heavy atom. The van der Waals surface area contributed by atoms with E-state index in [2.05, 4.69) is 70.4 Å². The van der Waals surface area contributed by atoms with Gasteiger partial charge >= 0.3 is 0 Å². The lowest BCUT2D eigenvalue weighted by molar-refractivity contribution is 0.0890. The van der Waals surface area contributed by atoms with Crippen LogP contribution in [0.1, 0.15) is 34.6 Å². The van der Waals surface area contributed by atoms with Crippen molar-refractivity contribution in [2.24, 2.45) is 24.1 Å². The number of H-pyrrole nitrogens is 1. The molecular weight excluding hydrogens is 895 g/mol. The van der Waals surface area contributed by atoms with E-state index in [1.165, 1.54) is 24.3 Å². The van der Waals surface area contributed by atoms with Gasteiger partial charge in [0.25, 0.3) is 11.8 Å². The molecular formula is C46H50F2N14O5Si. The summed E-state index contributed by atoms with van der Waals surface area (Å²) in [6.07, 6.45) is 6.49. The maximum Gasteiger partial charge on any atom is 0.255 e. The molecule has 0 saturated heterocycles. The number of nitrogens with zero attached hydrogens (tertiary/aromatic N) is 11. The van der Waals surface area contributed by atoms with Crippen LogP contribution in [0.2, 0.25) is 25.7 Å². The van der Waals surface area contributed by atoms with Crippen molar-refractivity contribution in [2.75, 3.05) is 32.9 Å². The van der Waals surface area contributed by atoms with Crippen molar-refractivity contribution in [3.8, 4) is 22.8 Å². The van der Waals surface area contributed by atoms with Crippen molar-refractivity contribution < 1.29 is 32.6 Å². The molecule has 2 aliphatic heterocycles. The summed E-state index contributed by atoms with van der Waals surface area (Å²) in [5, 5.41) is 16.4. The van der Waals surface area contributed by atoms with Crippen LogP contribution >= 0.6 is 0 Å². The van der Waals surface area contributed by atoms with Gasteiger partial charge < -0.3 is 34.4 Å². The normalized spacial score (nSPS) is 14.7. The van der Waals surface area contributed by atoms with Crippen LogP contribution in [0, 0.1) is 11.6 Å². The molecule has 8 aromatic rings. The first kappa shape index (κ1) is 45.7. The van der Waals surface area contributed by atoms with Gasteiger partial charge in [0.1, 0.15) is 77.5 Å². The minimum absolute atomic E-state index is 0.249. The molecule has 0 aliphatic carbocycles. The van der Waals surface area contributed by atoms with E-state index in [1.807, 2.05) is 13.8 Å². The molecule has 22 heteroatoms. The van der Waals surface area contributed by atoms with Crippen LogP contribution in [0.3, 0.4) is 0 Å². The number of amides is 2. The monoisotopic (exact) mass is 944 g/mol. The third kappa shape index (κ3) is 9.41. The van der Waals surface area contributed by atoms with Crippen LogP contribution in [0.5, 0.6) is 0 Å². The summed E-state index contributed by atoms with van der Waals surface area (Å²) in [5.74, 6) is -0.290. The molecule has 0 unspecified atom stereocenters. The highest BCUT2D eigenvalue weighted by Gasteiger charge is 2.26. The lowest BCUT2D eigenvalue weighted by Crippen LogP contribution is -2.38. The van der Waals surface area contributed by atoms with Crippen molar-refractivity contribution in [3.05, 3.63) is 83.9 Å². The van der Waals surface area contributed by atoms with E-state index in [0.717, 1.165) is 16.8 Å². The fourth-order valence-corrected chi connectivity index (χ4v) is 8.65. The van der Waals surface area contributed by atoms with Gasteiger partial charge in [-0.1, -0.05) is 19.6 Å². The van der Waals surface area contributed by atoms with Gasteiger partial charge in [0.15, 0.2) is 11.3 Å². The fourth-order valence-electron chi connectivity index (χ4n) is 7.89. The van der Waals surface area contributed by atoms with Crippen molar-refractivity contribution >= 4 is 75.8 Å². The highest BCUT2D eigenvalue weighted by atomic mass is 28.3. The molecule has 10 rings (SSSR count). The van der Waals surface area contributed by atoms with E-state index in [-0.39, 0.29) is 42.3 Å². The number of aliphatic imine (C=N–C) groups is 2. The predicted octanol–water partition coefficient (Wildman–Crippen LogP) is 6.18. The molecule has 352 valence electrons. The first-order valence-corrected chi connectivity index (χ1v) is 25.8. The molecule has 19 nitrogen and oxygen atoms in total. The number of carbonyl (C=O) groups is 2. The topological polar surface area (TPSA) is 219 Å². The van der Waals surface area contributed by atoms with Crippen molar-refractivity contribution in [1.82, 2.24) is 59.7 Å². The zero-order chi connectivity index (χ0) is 47.9. The fraction of sp³-hybridized carbons (Fsp3) is 0.348. The van der Waals surface area contributed by atoms with E-state index in [4.69, 9.17) is 19.2 Å². The third-order valence-electron chi connectivity index (χ3n) is 11.4. The summed E-state index contributed by atoms with van der Waals surface area (Å²) in [5.41, 5.74) is 5.96. The number of hydrogen-bond acceptors (Lipinski definition) is 13. The lowest BCUT2D eigenvalue weighted by atomic mass is 10.1. The number of nitrogens with one attached hydrogen (secondary N) is 3. The van der Waals surface area contributed by atoms with Gasteiger partial charge in [0.05, 0.1) is 47.6 Å². The molecule has 6 aromatic heterocycles. The van der Waals surface area contributed by atoms with Crippen LogP contribution < -0.4 is 10.6 Å². The number of ether oxygens (including phenoxy) is 3. The highest BCUT2D eigenvalue weighted by molar-refractivity contribution is 6.76. The van der Waals surface area contributed by atoms with Crippen molar-refractivity contribution in [2.45, 2.75) is 58.3 Å². The Bertz CT molecular complexity index is 3300. The summed E-state index contributed by atoms with van der Waals surface area (Å²) in [4.78, 5) is 56.2. The number of rotatable bonds is 13. The molecule has 68 heavy (non-hydrogen) atoms. The smallest absolute Gasteiger partial charge is 0.255 e. The average Bonchev–Trinajstić information content (AvgIpc) is 4.18. The number of fused-ring (bicyclic) bond motifs is 4. The molecule has 2 aliphatic rings. The Kier molecular flexibility index (Phi) is 12.5. The summed E-state index contributed by atoms with van der Waals surface area (Å²) in [7, 11) is 2.24. The molecule has 8 heterocycles. The molecule has 0 radical (unpaired) electrons. The van der Waals surface area contributed by atoms with E-state index in [0.29, 0.717) is 112 Å². The molecule has 0 spiro atoms. The van der Waals surface area contributed by atoms with Gasteiger partial charge in [-0.3, -0.25) is 28.9 Å². The highest BCUT2D eigenvalue weighted by Crippen LogP contribution is 2.30. The lowest BCUT2D eigenvalue weighted by Gasteiger charge is -2.15. The van der Waals surface area contributed by atoms with E-state index < -0.39 is 8.07 Å². The zero-order valence-corrected chi connectivity index (χ0v) is 39.6. The van der Waals surface area contributed by atoms with E-state index in [1.54, 1.807) is 64.9 Å². The van der Waals surface area contributed by atoms with E-state index >= 15 is 0 Å². The summed E-state index contributed by atoms with van der Waals surface area (Å²) < 4.78 is 49.3. The minimum Gasteiger partial charge on any atom is -0.478 e. The van der Waals surface area contributed by atoms with Gasteiger partial charge in [-0.25, -0.2) is 28.7 Å². The molecule has 2 aromatic carbocycles. The first-order valence-electron chi connectivity index (χ1n) is 22.1. The van der Waals surface area contributed by atoms with Crippen molar-refractivity contribution in [1.29, 1.82) is 0 Å². The number of aryl methyl sites for hydroxylation is 2. The number of benzene rings is 2. The summed E-state index contributed by atoms with van der Waals surface area (Å²) in [6, 6.07) is 9.25. The van der Waals surface area contributed by atoms with Crippen LogP contribution in [0.15, 0.2) is 71.2 Å². The molecule has 2 atom stereocenters. The Labute approximate surface area is 389 Å². The minimum atomic E-state index is -1.24. The van der Waals surface area contributed by atoms with Crippen LogP contribution in [-0.2, 0) is 35.0 Å². The van der Waals surface area contributed by atoms with Crippen LogP contribution in [0.4, 0.5) is 8.78 Å². The SMILES string of the molecule is C[C@@H](NC(=O)c1c[nH]c2ncc(-c3nn(C)c4cc(F)ccc34)nc12)C1=NCCO1.C[C@@H](NC(=O)c1cn(COCC[Si](C)(C)C)c2ncc(-c3nn(C)c4cc(F)ccc34)nc12)C1=NCCO1. The Balaban J connectivity index is 0.000000174. The largest absolute Gasteiger partial charge is 0.478 e. The first-order chi connectivity index (χ1) is 32.6. The maximum absolute atomic E-state index is 13.8. The quantitative estimate of drug-likeness (QED) is 0.0876. The average molecular weight is 945 g/mol. The second-order valence-corrected chi connectivity index (χ2v) is 23.4. The molecule has 0 saturated carbocycles. The zero-order valence-electron chi connectivity index (χ0n) is 38.6. The summed E-state index contributed by atoms with van der Waals surface area (Å²) >= 11 is 0. The van der Waals surface area contributed by atoms with Gasteiger partial charge in [-0.05, 0) is 56.3 Å². The Morgan fingerprint density at radius 1 is 0.794 bits per heavy atom. The molecule has 3 N–H and O–H groups in total. The number of hydrogen-bond donors (Lipinski definition) is 3. The Morgan fingerprint density at radius 3 is 1.88 bits per heavy atom. The van der Waals surface area contributed by atoms with Gasteiger partial charge in [-0.2, -0.15) is 10.2 Å². The Hall–Kier alpha value is -7.46. The summed E-state index contributed by atoms with van der Waals surface area (Å²) in [6.45, 7) is 13.6. The van der Waals surface area contributed by atoms with Crippen LogP contribution in [0.25, 0.3) is 66.9 Å².